The maximum Gasteiger partial charge on any atom is 0.0455 e. The van der Waals surface area contributed by atoms with Gasteiger partial charge in [0.2, 0.25) is 0 Å². The molecule has 158 valence electrons. The molecule has 1 heteroatoms. The zero-order valence-electron chi connectivity index (χ0n) is 18.9. The van der Waals surface area contributed by atoms with Gasteiger partial charge in [-0.1, -0.05) is 86.6 Å². The van der Waals surface area contributed by atoms with Crippen LogP contribution in [0.4, 0.5) is 11.4 Å². The minimum Gasteiger partial charge on any atom is -0.338 e. The molecule has 0 unspecified atom stereocenters. The molecule has 1 nitrogen and oxygen atoms in total. The summed E-state index contributed by atoms with van der Waals surface area (Å²) in [5.74, 6) is 0. The van der Waals surface area contributed by atoms with Crippen LogP contribution in [-0.2, 0) is 5.41 Å². The van der Waals surface area contributed by atoms with E-state index in [9.17, 15) is 0 Å². The average Bonchev–Trinajstić information content (AvgIpc) is 2.81. The predicted octanol–water partition coefficient (Wildman–Crippen LogP) is 8.35. The lowest BCUT2D eigenvalue weighted by atomic mass is 9.71. The first-order valence-corrected chi connectivity index (χ1v) is 11.8. The van der Waals surface area contributed by atoms with Crippen LogP contribution in [0.15, 0.2) is 97.1 Å². The first-order valence-electron chi connectivity index (χ1n) is 11.8. The summed E-state index contributed by atoms with van der Waals surface area (Å²) in [7, 11) is 0. The predicted molar refractivity (Wildman–Crippen MR) is 136 cm³/mol. The van der Waals surface area contributed by atoms with Gasteiger partial charge < -0.3 is 4.90 Å². The largest absolute Gasteiger partial charge is 0.338 e. The van der Waals surface area contributed by atoms with Crippen molar-refractivity contribution in [1.82, 2.24) is 0 Å². The lowest BCUT2D eigenvalue weighted by molar-refractivity contribution is 0.405. The first kappa shape index (κ1) is 19.4. The van der Waals surface area contributed by atoms with Gasteiger partial charge in [-0.15, -0.1) is 0 Å². The number of hydrogen-bond acceptors (Lipinski definition) is 1. The van der Waals surface area contributed by atoms with Crippen molar-refractivity contribution in [2.75, 3.05) is 4.90 Å². The fourth-order valence-corrected chi connectivity index (χ4v) is 5.43. The number of nitrogens with zero attached hydrogens (tertiary/aromatic N) is 1. The van der Waals surface area contributed by atoms with E-state index in [1.807, 2.05) is 0 Å². The van der Waals surface area contributed by atoms with E-state index in [2.05, 4.69) is 116 Å². The Hall–Kier alpha value is -3.32. The first-order chi connectivity index (χ1) is 15.6. The van der Waals surface area contributed by atoms with Crippen LogP contribution in [0.2, 0.25) is 0 Å². The number of fused-ring (bicyclic) bond motifs is 2. The Morgan fingerprint density at radius 1 is 0.594 bits per heavy atom. The summed E-state index contributed by atoms with van der Waals surface area (Å²) in [4.78, 5) is 2.64. The second-order valence-electron chi connectivity index (χ2n) is 9.78. The maximum atomic E-state index is 2.64. The normalized spacial score (nSPS) is 16.8. The van der Waals surface area contributed by atoms with Gasteiger partial charge in [0.15, 0.2) is 0 Å². The lowest BCUT2D eigenvalue weighted by Gasteiger charge is -2.48. The molecule has 0 saturated heterocycles. The molecule has 0 N–H and O–H groups in total. The third-order valence-electron chi connectivity index (χ3n) is 7.51. The second kappa shape index (κ2) is 7.38. The Balaban J connectivity index is 1.55. The molecule has 0 aromatic heterocycles. The van der Waals surface area contributed by atoms with Crippen molar-refractivity contribution in [2.24, 2.45) is 0 Å². The smallest absolute Gasteiger partial charge is 0.0455 e. The fourth-order valence-electron chi connectivity index (χ4n) is 5.43. The molecule has 1 fully saturated rings. The Morgan fingerprint density at radius 3 is 1.47 bits per heavy atom. The van der Waals surface area contributed by atoms with Crippen molar-refractivity contribution in [3.05, 3.63) is 108 Å². The molecule has 2 aliphatic rings. The highest BCUT2D eigenvalue weighted by Gasteiger charge is 2.40. The maximum absolute atomic E-state index is 2.64. The molecule has 0 bridgehead atoms. The molecule has 0 radical (unpaired) electrons. The van der Waals surface area contributed by atoms with Crippen molar-refractivity contribution in [3.63, 3.8) is 0 Å². The molecule has 0 amide bonds. The summed E-state index contributed by atoms with van der Waals surface area (Å²) in [6, 6.07) is 36.4. The van der Waals surface area contributed by atoms with Gasteiger partial charge in [0.05, 0.1) is 0 Å². The van der Waals surface area contributed by atoms with Gasteiger partial charge in [0.1, 0.15) is 0 Å². The highest BCUT2D eigenvalue weighted by atomic mass is 15.2. The summed E-state index contributed by atoms with van der Waals surface area (Å²) in [5, 5.41) is 0. The van der Waals surface area contributed by atoms with Crippen LogP contribution < -0.4 is 4.90 Å². The van der Waals surface area contributed by atoms with Gasteiger partial charge in [0, 0.05) is 22.8 Å². The van der Waals surface area contributed by atoms with E-state index in [1.54, 1.807) is 0 Å². The summed E-state index contributed by atoms with van der Waals surface area (Å²) >= 11 is 0. The number of hydrogen-bond donors (Lipinski definition) is 0. The summed E-state index contributed by atoms with van der Waals surface area (Å²) in [6.45, 7) is 4.79. The van der Waals surface area contributed by atoms with Gasteiger partial charge in [-0.25, -0.2) is 0 Å². The van der Waals surface area contributed by atoms with E-state index in [4.69, 9.17) is 0 Å². The van der Waals surface area contributed by atoms with Gasteiger partial charge in [-0.2, -0.15) is 0 Å². The zero-order chi connectivity index (χ0) is 21.7. The molecule has 4 aromatic rings. The highest BCUT2D eigenvalue weighted by molar-refractivity contribution is 5.83. The van der Waals surface area contributed by atoms with Crippen molar-refractivity contribution in [2.45, 2.75) is 44.6 Å². The molecule has 1 aliphatic heterocycles. The van der Waals surface area contributed by atoms with Crippen molar-refractivity contribution in [3.8, 4) is 22.3 Å². The van der Waals surface area contributed by atoms with E-state index in [0.717, 1.165) is 0 Å². The molecule has 0 spiro atoms. The Kier molecular flexibility index (Phi) is 4.47. The van der Waals surface area contributed by atoms with Gasteiger partial charge in [-0.3, -0.25) is 0 Å². The van der Waals surface area contributed by atoms with E-state index < -0.39 is 0 Å². The summed E-state index contributed by atoms with van der Waals surface area (Å²) in [6.07, 6.45) is 3.89. The van der Waals surface area contributed by atoms with Gasteiger partial charge in [-0.05, 0) is 76.9 Å². The second-order valence-corrected chi connectivity index (χ2v) is 9.78. The fraction of sp³-hybridized carbons (Fsp3) is 0.226. The summed E-state index contributed by atoms with van der Waals surface area (Å²) in [5.41, 5.74) is 10.7. The number of anilines is 2. The van der Waals surface area contributed by atoms with Crippen LogP contribution in [0.25, 0.3) is 22.3 Å². The molecule has 1 aliphatic carbocycles. The molecule has 32 heavy (non-hydrogen) atoms. The lowest BCUT2D eigenvalue weighted by Crippen LogP contribution is -2.42. The minimum absolute atomic E-state index is 0.0690. The van der Waals surface area contributed by atoms with E-state index in [1.165, 1.54) is 64.0 Å². The molecule has 6 rings (SSSR count). The number of benzene rings is 4. The van der Waals surface area contributed by atoms with Crippen LogP contribution in [-0.4, -0.2) is 6.04 Å². The van der Waals surface area contributed by atoms with E-state index in [0.29, 0.717) is 6.04 Å². The monoisotopic (exact) mass is 415 g/mol. The Morgan fingerprint density at radius 2 is 1.06 bits per heavy atom. The van der Waals surface area contributed by atoms with Crippen LogP contribution in [0, 0.1) is 0 Å². The third kappa shape index (κ3) is 2.99. The zero-order valence-corrected chi connectivity index (χ0v) is 18.9. The van der Waals surface area contributed by atoms with Crippen LogP contribution in [0.3, 0.4) is 0 Å². The van der Waals surface area contributed by atoms with Crippen LogP contribution in [0.1, 0.15) is 44.2 Å². The Bertz CT molecular complexity index is 1170. The van der Waals surface area contributed by atoms with Crippen molar-refractivity contribution < 1.29 is 0 Å². The summed E-state index contributed by atoms with van der Waals surface area (Å²) < 4.78 is 0. The van der Waals surface area contributed by atoms with E-state index in [-0.39, 0.29) is 5.41 Å². The SMILES string of the molecule is CC1(C)c2cc(-c3ccccc3)ccc2N(C2CCC2)c2ccc(-c3ccccc3)cc21. The third-order valence-corrected chi connectivity index (χ3v) is 7.51. The molecular formula is C31H29N. The highest BCUT2D eigenvalue weighted by Crippen LogP contribution is 2.53. The van der Waals surface area contributed by atoms with Crippen LogP contribution in [0.5, 0.6) is 0 Å². The van der Waals surface area contributed by atoms with Gasteiger partial charge in [0.25, 0.3) is 0 Å². The van der Waals surface area contributed by atoms with E-state index >= 15 is 0 Å². The minimum atomic E-state index is -0.0690. The molecule has 0 atom stereocenters. The van der Waals surface area contributed by atoms with Gasteiger partial charge >= 0.3 is 0 Å². The molecule has 4 aromatic carbocycles. The Labute approximate surface area is 191 Å². The van der Waals surface area contributed by atoms with Crippen LogP contribution >= 0.6 is 0 Å². The van der Waals surface area contributed by atoms with Crippen molar-refractivity contribution >= 4 is 11.4 Å². The standard InChI is InChI=1S/C31H29N/c1-31(2)27-20-24(22-10-5-3-6-11-22)16-18-29(27)32(26-14-9-15-26)30-19-17-25(21-28(30)31)23-12-7-4-8-13-23/h3-8,10-13,16-21,26H,9,14-15H2,1-2H3. The molecule has 1 heterocycles. The number of rotatable bonds is 3. The topological polar surface area (TPSA) is 3.24 Å². The van der Waals surface area contributed by atoms with Crippen molar-refractivity contribution in [1.29, 1.82) is 0 Å². The molecular weight excluding hydrogens is 386 g/mol. The molecule has 1 saturated carbocycles. The quantitative estimate of drug-likeness (QED) is 0.325. The average molecular weight is 416 g/mol.